The van der Waals surface area contributed by atoms with E-state index in [0.29, 0.717) is 0 Å². The molecule has 1 heterocycles. The van der Waals surface area contributed by atoms with Crippen molar-refractivity contribution >= 4 is 54.1 Å². The van der Waals surface area contributed by atoms with Crippen molar-refractivity contribution in [2.75, 3.05) is 0 Å². The van der Waals surface area contributed by atoms with Crippen LogP contribution in [0.15, 0.2) is 164 Å². The molecule has 0 aliphatic heterocycles. The number of hydrogen-bond donors (Lipinski definition) is 0. The molecule has 0 amide bonds. The zero-order chi connectivity index (χ0) is 33.1. The molecular formula is C49H33N. The third kappa shape index (κ3) is 3.67. The molecule has 0 unspecified atom stereocenters. The van der Waals surface area contributed by atoms with Gasteiger partial charge in [0.25, 0.3) is 0 Å². The van der Waals surface area contributed by atoms with Gasteiger partial charge in [0.1, 0.15) is 0 Å². The Labute approximate surface area is 291 Å². The molecule has 50 heavy (non-hydrogen) atoms. The molecule has 0 N–H and O–H groups in total. The normalized spacial score (nSPS) is 13.6. The van der Waals surface area contributed by atoms with Gasteiger partial charge in [0, 0.05) is 21.9 Å². The van der Waals surface area contributed by atoms with Crippen LogP contribution in [0.3, 0.4) is 0 Å². The predicted octanol–water partition coefficient (Wildman–Crippen LogP) is 13.3. The number of rotatable bonds is 3. The van der Waals surface area contributed by atoms with Gasteiger partial charge in [-0.15, -0.1) is 0 Å². The van der Waals surface area contributed by atoms with Gasteiger partial charge < -0.3 is 4.57 Å². The lowest BCUT2D eigenvalue weighted by Crippen LogP contribution is -2.15. The molecule has 1 nitrogen and oxygen atoms in total. The Bertz CT molecular complexity index is 2980. The van der Waals surface area contributed by atoms with Crippen molar-refractivity contribution in [3.63, 3.8) is 0 Å². The molecule has 234 valence electrons. The summed E-state index contributed by atoms with van der Waals surface area (Å²) in [4.78, 5) is 0. The van der Waals surface area contributed by atoms with Crippen molar-refractivity contribution in [3.8, 4) is 39.1 Å². The van der Waals surface area contributed by atoms with Crippen molar-refractivity contribution in [1.82, 2.24) is 4.57 Å². The Kier molecular flexibility index (Phi) is 5.51. The van der Waals surface area contributed by atoms with Crippen LogP contribution in [0.25, 0.3) is 93.2 Å². The fourth-order valence-electron chi connectivity index (χ4n) is 9.14. The van der Waals surface area contributed by atoms with Crippen LogP contribution in [-0.2, 0) is 5.41 Å². The molecule has 1 aliphatic carbocycles. The Balaban J connectivity index is 1.11. The monoisotopic (exact) mass is 635 g/mol. The Morgan fingerprint density at radius 1 is 0.380 bits per heavy atom. The highest BCUT2D eigenvalue weighted by Gasteiger charge is 2.37. The van der Waals surface area contributed by atoms with Gasteiger partial charge >= 0.3 is 0 Å². The maximum Gasteiger partial charge on any atom is 0.0544 e. The molecule has 0 fully saturated rings. The third-order valence-corrected chi connectivity index (χ3v) is 11.5. The van der Waals surface area contributed by atoms with Crippen LogP contribution >= 0.6 is 0 Å². The minimum Gasteiger partial charge on any atom is -0.309 e. The van der Waals surface area contributed by atoms with E-state index >= 15 is 0 Å². The van der Waals surface area contributed by atoms with Crippen molar-refractivity contribution < 1.29 is 0 Å². The van der Waals surface area contributed by atoms with E-state index in [0.717, 1.165) is 0 Å². The summed E-state index contributed by atoms with van der Waals surface area (Å²) < 4.78 is 2.43. The minimum atomic E-state index is -0.152. The summed E-state index contributed by atoms with van der Waals surface area (Å²) in [5.41, 5.74) is 14.1. The van der Waals surface area contributed by atoms with Crippen molar-refractivity contribution in [2.24, 2.45) is 0 Å². The molecule has 1 heteroatoms. The summed E-state index contributed by atoms with van der Waals surface area (Å²) in [6.45, 7) is 4.80. The Morgan fingerprint density at radius 3 is 1.68 bits per heavy atom. The molecule has 0 atom stereocenters. The molecule has 9 aromatic carbocycles. The van der Waals surface area contributed by atoms with Crippen LogP contribution in [0.5, 0.6) is 0 Å². The van der Waals surface area contributed by atoms with E-state index in [1.54, 1.807) is 0 Å². The third-order valence-electron chi connectivity index (χ3n) is 11.5. The fourth-order valence-corrected chi connectivity index (χ4v) is 9.14. The first-order chi connectivity index (χ1) is 24.6. The van der Waals surface area contributed by atoms with Crippen molar-refractivity contribution in [3.05, 3.63) is 175 Å². The zero-order valence-electron chi connectivity index (χ0n) is 28.0. The number of aromatic nitrogens is 1. The molecule has 0 radical (unpaired) electrons. The SMILES string of the molecule is CC1(C)c2cc(-c3ccc4ccc5c(-c6ccccc6)ccc6ccc3c4c65)ccc2-c2cc3c4ccccc4n(-c4ccccc4)c3cc21. The number of nitrogens with zero attached hydrogens (tertiary/aromatic N) is 1. The number of benzene rings is 9. The van der Waals surface area contributed by atoms with E-state index in [-0.39, 0.29) is 5.41 Å². The molecule has 0 saturated carbocycles. The second kappa shape index (κ2) is 9.94. The van der Waals surface area contributed by atoms with Gasteiger partial charge in [-0.1, -0.05) is 141 Å². The zero-order valence-corrected chi connectivity index (χ0v) is 28.0. The van der Waals surface area contributed by atoms with Crippen LogP contribution in [0.1, 0.15) is 25.0 Å². The van der Waals surface area contributed by atoms with Crippen LogP contribution in [-0.4, -0.2) is 4.57 Å². The fraction of sp³-hybridized carbons (Fsp3) is 0.0612. The quantitative estimate of drug-likeness (QED) is 0.170. The summed E-state index contributed by atoms with van der Waals surface area (Å²) in [6, 6.07) is 61.0. The van der Waals surface area contributed by atoms with Crippen molar-refractivity contribution in [2.45, 2.75) is 19.3 Å². The predicted molar refractivity (Wildman–Crippen MR) is 213 cm³/mol. The van der Waals surface area contributed by atoms with E-state index < -0.39 is 0 Å². The highest BCUT2D eigenvalue weighted by molar-refractivity contribution is 6.27. The lowest BCUT2D eigenvalue weighted by molar-refractivity contribution is 0.661. The number of hydrogen-bond acceptors (Lipinski definition) is 0. The highest BCUT2D eigenvalue weighted by Crippen LogP contribution is 2.52. The van der Waals surface area contributed by atoms with E-state index in [4.69, 9.17) is 0 Å². The van der Waals surface area contributed by atoms with Gasteiger partial charge in [-0.05, 0) is 113 Å². The van der Waals surface area contributed by atoms with Gasteiger partial charge in [0.05, 0.1) is 11.0 Å². The summed E-state index contributed by atoms with van der Waals surface area (Å²) >= 11 is 0. The first kappa shape index (κ1) is 27.7. The van der Waals surface area contributed by atoms with Crippen LogP contribution in [0.4, 0.5) is 0 Å². The summed E-state index contributed by atoms with van der Waals surface area (Å²) in [6.07, 6.45) is 0. The molecule has 0 saturated heterocycles. The minimum absolute atomic E-state index is 0.152. The molecule has 11 rings (SSSR count). The average Bonchev–Trinajstić information content (AvgIpc) is 3.61. The van der Waals surface area contributed by atoms with Gasteiger partial charge in [0.2, 0.25) is 0 Å². The largest absolute Gasteiger partial charge is 0.309 e. The van der Waals surface area contributed by atoms with Gasteiger partial charge in [-0.2, -0.15) is 0 Å². The molecule has 1 aromatic heterocycles. The molecule has 0 spiro atoms. The average molecular weight is 636 g/mol. The van der Waals surface area contributed by atoms with Crippen LogP contribution < -0.4 is 0 Å². The summed E-state index contributed by atoms with van der Waals surface area (Å²) in [7, 11) is 0. The molecule has 0 bridgehead atoms. The van der Waals surface area contributed by atoms with Gasteiger partial charge in [0.15, 0.2) is 0 Å². The Hall–Kier alpha value is -6.18. The lowest BCUT2D eigenvalue weighted by atomic mass is 9.81. The van der Waals surface area contributed by atoms with Gasteiger partial charge in [-0.25, -0.2) is 0 Å². The van der Waals surface area contributed by atoms with E-state index in [1.807, 2.05) is 0 Å². The summed E-state index contributed by atoms with van der Waals surface area (Å²) in [5.74, 6) is 0. The molecule has 1 aliphatic rings. The second-order valence-corrected chi connectivity index (χ2v) is 14.5. The maximum absolute atomic E-state index is 2.48. The van der Waals surface area contributed by atoms with E-state index in [2.05, 4.69) is 182 Å². The van der Waals surface area contributed by atoms with Crippen molar-refractivity contribution in [1.29, 1.82) is 0 Å². The lowest BCUT2D eigenvalue weighted by Gasteiger charge is -2.23. The van der Waals surface area contributed by atoms with Crippen LogP contribution in [0.2, 0.25) is 0 Å². The Morgan fingerprint density at radius 2 is 0.960 bits per heavy atom. The standard InChI is InChI=1S/C49H33N/c1-49(2)43-27-33(36-23-18-32-19-25-39-35(30-11-5-3-6-12-30)22-17-31-20-26-40(36)48(32)47(31)39)21-24-37(43)41-28-42-38-15-9-10-16-45(38)50(46(42)29-44(41)49)34-13-7-4-8-14-34/h3-29H,1-2H3. The first-order valence-electron chi connectivity index (χ1n) is 17.6. The number of fused-ring (bicyclic) bond motifs is 6. The number of para-hydroxylation sites is 2. The second-order valence-electron chi connectivity index (χ2n) is 14.5. The summed E-state index contributed by atoms with van der Waals surface area (Å²) in [5, 5.41) is 10.5. The smallest absolute Gasteiger partial charge is 0.0544 e. The molecular weight excluding hydrogens is 603 g/mol. The topological polar surface area (TPSA) is 4.93 Å². The molecule has 10 aromatic rings. The van der Waals surface area contributed by atoms with E-state index in [1.165, 1.54) is 104 Å². The maximum atomic E-state index is 2.48. The van der Waals surface area contributed by atoms with Gasteiger partial charge in [-0.3, -0.25) is 0 Å². The van der Waals surface area contributed by atoms with E-state index in [9.17, 15) is 0 Å². The highest BCUT2D eigenvalue weighted by atomic mass is 15.0. The first-order valence-corrected chi connectivity index (χ1v) is 17.6. The van der Waals surface area contributed by atoms with Crippen LogP contribution in [0, 0.1) is 0 Å².